The van der Waals surface area contributed by atoms with Crippen molar-refractivity contribution in [3.05, 3.63) is 71.1 Å². The first-order chi connectivity index (χ1) is 13.6. The third kappa shape index (κ3) is 4.78. The predicted molar refractivity (Wildman–Crippen MR) is 111 cm³/mol. The van der Waals surface area contributed by atoms with E-state index in [-0.39, 0.29) is 18.9 Å². The highest BCUT2D eigenvalue weighted by Crippen LogP contribution is 2.35. The molecule has 6 heteroatoms. The van der Waals surface area contributed by atoms with Crippen molar-refractivity contribution >= 4 is 28.9 Å². The molecule has 0 atom stereocenters. The zero-order valence-electron chi connectivity index (χ0n) is 15.7. The fourth-order valence-corrected chi connectivity index (χ4v) is 3.71. The van der Waals surface area contributed by atoms with E-state index in [4.69, 9.17) is 9.47 Å². The molecule has 0 saturated carbocycles. The largest absolute Gasteiger partial charge is 0.497 e. The van der Waals surface area contributed by atoms with Gasteiger partial charge in [0.25, 0.3) is 0 Å². The molecule has 0 fully saturated rings. The van der Waals surface area contributed by atoms with Gasteiger partial charge in [-0.3, -0.25) is 4.79 Å². The number of amides is 1. The van der Waals surface area contributed by atoms with E-state index in [0.717, 1.165) is 21.8 Å². The van der Waals surface area contributed by atoms with Crippen LogP contribution in [0.25, 0.3) is 10.4 Å². The van der Waals surface area contributed by atoms with E-state index < -0.39 is 5.97 Å². The maximum atomic E-state index is 12.5. The molecule has 1 amide bonds. The highest BCUT2D eigenvalue weighted by atomic mass is 32.1. The molecule has 0 aliphatic rings. The summed E-state index contributed by atoms with van der Waals surface area (Å²) < 4.78 is 10.3. The average Bonchev–Trinajstić information content (AvgIpc) is 3.13. The molecular weight excluding hydrogens is 374 g/mol. The molecule has 0 unspecified atom stereocenters. The summed E-state index contributed by atoms with van der Waals surface area (Å²) in [5.74, 6) is 0.0987. The van der Waals surface area contributed by atoms with E-state index in [1.807, 2.05) is 60.7 Å². The van der Waals surface area contributed by atoms with E-state index in [0.29, 0.717) is 10.6 Å². The fourth-order valence-electron chi connectivity index (χ4n) is 2.70. The first kappa shape index (κ1) is 19.6. The van der Waals surface area contributed by atoms with Crippen molar-refractivity contribution in [3.8, 4) is 16.2 Å². The summed E-state index contributed by atoms with van der Waals surface area (Å²) in [5, 5.41) is 2.86. The second-order valence-corrected chi connectivity index (χ2v) is 7.07. The summed E-state index contributed by atoms with van der Waals surface area (Å²) >= 11 is 1.31. The molecule has 0 aliphatic heterocycles. The Morgan fingerprint density at radius 2 is 1.75 bits per heavy atom. The van der Waals surface area contributed by atoms with Gasteiger partial charge in [-0.25, -0.2) is 4.79 Å². The van der Waals surface area contributed by atoms with Crippen LogP contribution in [0.1, 0.15) is 22.2 Å². The molecule has 144 valence electrons. The Labute approximate surface area is 167 Å². The lowest BCUT2D eigenvalue weighted by Crippen LogP contribution is -2.16. The minimum atomic E-state index is -0.436. The van der Waals surface area contributed by atoms with Crippen LogP contribution in [0.15, 0.2) is 60.7 Å². The summed E-state index contributed by atoms with van der Waals surface area (Å²) in [6, 6.07) is 18.8. The van der Waals surface area contributed by atoms with Gasteiger partial charge >= 0.3 is 5.97 Å². The highest BCUT2D eigenvalue weighted by Gasteiger charge is 2.20. The van der Waals surface area contributed by atoms with Crippen molar-refractivity contribution in [2.75, 3.05) is 19.0 Å². The minimum absolute atomic E-state index is 0.197. The number of anilines is 1. The number of carbonyl (C=O) groups excluding carboxylic acids is 2. The van der Waals surface area contributed by atoms with Crippen molar-refractivity contribution in [2.24, 2.45) is 0 Å². The lowest BCUT2D eigenvalue weighted by atomic mass is 10.1. The van der Waals surface area contributed by atoms with Crippen LogP contribution in [0.2, 0.25) is 0 Å². The molecule has 28 heavy (non-hydrogen) atoms. The lowest BCUT2D eigenvalue weighted by Gasteiger charge is -2.07. The van der Waals surface area contributed by atoms with Gasteiger partial charge < -0.3 is 14.8 Å². The topological polar surface area (TPSA) is 64.6 Å². The van der Waals surface area contributed by atoms with E-state index in [9.17, 15) is 9.59 Å². The van der Waals surface area contributed by atoms with Crippen molar-refractivity contribution in [1.29, 1.82) is 0 Å². The van der Waals surface area contributed by atoms with E-state index in [1.165, 1.54) is 11.3 Å². The molecule has 0 spiro atoms. The SMILES string of the molecule is CCOC(=O)c1sc(-c2ccccc2)cc1NC(=O)Cc1ccc(OC)cc1. The number of carbonyl (C=O) groups is 2. The zero-order chi connectivity index (χ0) is 19.9. The zero-order valence-corrected chi connectivity index (χ0v) is 16.5. The average molecular weight is 395 g/mol. The summed E-state index contributed by atoms with van der Waals surface area (Å²) in [6.07, 6.45) is 0.197. The lowest BCUT2D eigenvalue weighted by molar-refractivity contribution is -0.115. The van der Waals surface area contributed by atoms with Crippen LogP contribution in [0.4, 0.5) is 5.69 Å². The van der Waals surface area contributed by atoms with E-state index in [1.54, 1.807) is 14.0 Å². The minimum Gasteiger partial charge on any atom is -0.497 e. The van der Waals surface area contributed by atoms with Crippen molar-refractivity contribution in [2.45, 2.75) is 13.3 Å². The summed E-state index contributed by atoms with van der Waals surface area (Å²) in [6.45, 7) is 2.03. The van der Waals surface area contributed by atoms with Crippen LogP contribution in [0, 0.1) is 0 Å². The molecule has 5 nitrogen and oxygen atoms in total. The highest BCUT2D eigenvalue weighted by molar-refractivity contribution is 7.18. The normalized spacial score (nSPS) is 10.4. The van der Waals surface area contributed by atoms with Crippen LogP contribution in [0.5, 0.6) is 5.75 Å². The van der Waals surface area contributed by atoms with Gasteiger partial charge in [0, 0.05) is 4.88 Å². The number of ether oxygens (including phenoxy) is 2. The number of benzene rings is 2. The maximum absolute atomic E-state index is 12.5. The molecule has 0 bridgehead atoms. The quantitative estimate of drug-likeness (QED) is 0.585. The Bertz CT molecular complexity index is 948. The van der Waals surface area contributed by atoms with Crippen molar-refractivity contribution < 1.29 is 19.1 Å². The second kappa shape index (κ2) is 9.19. The fraction of sp³-hybridized carbons (Fsp3) is 0.182. The molecule has 0 aliphatic carbocycles. The number of esters is 1. The molecule has 1 heterocycles. The third-order valence-electron chi connectivity index (χ3n) is 4.05. The molecule has 2 aromatic carbocycles. The van der Waals surface area contributed by atoms with Crippen LogP contribution in [-0.4, -0.2) is 25.6 Å². The Morgan fingerprint density at radius 3 is 2.39 bits per heavy atom. The molecule has 0 saturated heterocycles. The molecule has 1 N–H and O–H groups in total. The van der Waals surface area contributed by atoms with Crippen LogP contribution in [-0.2, 0) is 16.0 Å². The summed E-state index contributed by atoms with van der Waals surface area (Å²) in [7, 11) is 1.60. The van der Waals surface area contributed by atoms with E-state index >= 15 is 0 Å². The van der Waals surface area contributed by atoms with Crippen LogP contribution < -0.4 is 10.1 Å². The van der Waals surface area contributed by atoms with Gasteiger partial charge in [0.15, 0.2) is 0 Å². The Kier molecular flexibility index (Phi) is 6.45. The van der Waals surface area contributed by atoms with Gasteiger partial charge in [-0.1, -0.05) is 42.5 Å². The Hall–Kier alpha value is -3.12. The predicted octanol–water partition coefficient (Wildman–Crippen LogP) is 4.78. The van der Waals surface area contributed by atoms with Gasteiger partial charge in [0.2, 0.25) is 5.91 Å². The van der Waals surface area contributed by atoms with Crippen molar-refractivity contribution in [3.63, 3.8) is 0 Å². The van der Waals surface area contributed by atoms with Gasteiger partial charge in [-0.2, -0.15) is 0 Å². The first-order valence-electron chi connectivity index (χ1n) is 8.90. The third-order valence-corrected chi connectivity index (χ3v) is 5.21. The van der Waals surface area contributed by atoms with Gasteiger partial charge in [-0.15, -0.1) is 11.3 Å². The molecule has 3 rings (SSSR count). The first-order valence-corrected chi connectivity index (χ1v) is 9.71. The van der Waals surface area contributed by atoms with Crippen LogP contribution >= 0.6 is 11.3 Å². The number of nitrogens with one attached hydrogen (secondary N) is 1. The molecule has 0 radical (unpaired) electrons. The molecular formula is C22H21NO4S. The number of thiophene rings is 1. The number of hydrogen-bond donors (Lipinski definition) is 1. The van der Waals surface area contributed by atoms with Gasteiger partial charge in [-0.05, 0) is 36.2 Å². The van der Waals surface area contributed by atoms with Gasteiger partial charge in [0.05, 0.1) is 25.8 Å². The monoisotopic (exact) mass is 395 g/mol. The Balaban J connectivity index is 1.81. The second-order valence-electron chi connectivity index (χ2n) is 6.01. The number of rotatable bonds is 7. The smallest absolute Gasteiger partial charge is 0.350 e. The summed E-state index contributed by atoms with van der Waals surface area (Å²) in [5.41, 5.74) is 2.31. The number of hydrogen-bond acceptors (Lipinski definition) is 5. The summed E-state index contributed by atoms with van der Waals surface area (Å²) in [4.78, 5) is 26.2. The number of methoxy groups -OCH3 is 1. The molecule has 3 aromatic rings. The molecule has 1 aromatic heterocycles. The Morgan fingerprint density at radius 1 is 1.04 bits per heavy atom. The standard InChI is InChI=1S/C22H21NO4S/c1-3-27-22(25)21-18(14-19(28-21)16-7-5-4-6-8-16)23-20(24)13-15-9-11-17(26-2)12-10-15/h4-12,14H,3,13H2,1-2H3,(H,23,24). The van der Waals surface area contributed by atoms with Crippen LogP contribution in [0.3, 0.4) is 0 Å². The maximum Gasteiger partial charge on any atom is 0.350 e. The van der Waals surface area contributed by atoms with E-state index in [2.05, 4.69) is 5.32 Å². The van der Waals surface area contributed by atoms with Gasteiger partial charge in [0.1, 0.15) is 10.6 Å². The van der Waals surface area contributed by atoms with Crippen molar-refractivity contribution in [1.82, 2.24) is 0 Å².